The molecule has 0 radical (unpaired) electrons. The zero-order chi connectivity index (χ0) is 0. The van der Waals surface area contributed by atoms with Gasteiger partial charge in [-0.15, -0.1) is 0 Å². The third-order valence-corrected chi connectivity index (χ3v) is 0. The van der Waals surface area contributed by atoms with Gasteiger partial charge in [0, 0.05) is 0 Å². The molecule has 0 amide bonds. The molecule has 0 saturated carbocycles. The van der Waals surface area contributed by atoms with E-state index in [1.807, 2.05) is 0 Å². The Bertz CT molecular complexity index is 11.0. The molecular weight excluding hydrogens is 486 g/mol. The summed E-state index contributed by atoms with van der Waals surface area (Å²) in [5.41, 5.74) is 0. The quantitative estimate of drug-likeness (QED) is 0.299. The predicted octanol–water partition coefficient (Wildman–Crippen LogP) is -24.0. The topological polar surface area (TPSA) is 0 Å². The van der Waals surface area contributed by atoms with Crippen LogP contribution in [0.1, 0.15) is 0 Å². The van der Waals surface area contributed by atoms with Crippen LogP contribution in [-0.2, 0) is 21.1 Å². The van der Waals surface area contributed by atoms with Gasteiger partial charge in [0.15, 0.2) is 0 Å². The van der Waals surface area contributed by atoms with Crippen LogP contribution in [0.15, 0.2) is 0 Å². The normalized spacial score (nSPS) is 0. The second-order valence-corrected chi connectivity index (χ2v) is 0. The van der Waals surface area contributed by atoms with Gasteiger partial charge in [-0.05, 0) is 0 Å². The van der Waals surface area contributed by atoms with E-state index in [1.54, 1.807) is 0 Å². The molecule has 9 heteroatoms. The average Bonchev–Trinajstić information content (AvgIpc) is 0. The Labute approximate surface area is 193 Å². The Morgan fingerprint density at radius 2 is 0.333 bits per heavy atom. The second kappa shape index (κ2) is 68.0. The van der Waals surface area contributed by atoms with Crippen molar-refractivity contribution < 1.29 is 198 Å². The molecule has 0 rings (SSSR count). The Hall–Kier alpha value is 5.70. The largest absolute Gasteiger partial charge is 4.00 e. The molecule has 0 saturated heterocycles. The van der Waals surface area contributed by atoms with Crippen molar-refractivity contribution >= 4 is 0 Å². The van der Waals surface area contributed by atoms with Gasteiger partial charge >= 0.3 is 124 Å². The van der Waals surface area contributed by atoms with Gasteiger partial charge in [0.25, 0.3) is 0 Å². The van der Waals surface area contributed by atoms with Gasteiger partial charge in [-0.2, -0.15) is 0 Å². The maximum absolute atomic E-state index is 0. The molecule has 54 valence electrons. The smallest absolute Gasteiger partial charge is 1.00 e. The zero-order valence-corrected chi connectivity index (χ0v) is 17.6. The van der Waals surface area contributed by atoms with Crippen LogP contribution in [0.3, 0.4) is 0 Å². The van der Waals surface area contributed by atoms with E-state index in [1.165, 1.54) is 0 Å². The summed E-state index contributed by atoms with van der Waals surface area (Å²) in [6, 6.07) is 0. The summed E-state index contributed by atoms with van der Waals surface area (Å²) in [4.78, 5) is 0. The van der Waals surface area contributed by atoms with Crippen molar-refractivity contribution in [2.75, 3.05) is 0 Å². The Morgan fingerprint density at radius 1 is 0.333 bits per heavy atom. The van der Waals surface area contributed by atoms with Crippen LogP contribution in [0.2, 0.25) is 0 Å². The van der Waals surface area contributed by atoms with Crippen molar-refractivity contribution in [2.24, 2.45) is 0 Å². The minimum atomic E-state index is 0. The molecule has 0 aromatic carbocycles. The van der Waals surface area contributed by atoms with E-state index < -0.39 is 0 Å². The summed E-state index contributed by atoms with van der Waals surface area (Å²) in [6.45, 7) is 0. The Kier molecular flexibility index (Phi) is 642. The number of hydrogen-bond donors (Lipinski definition) is 0. The summed E-state index contributed by atoms with van der Waals surface area (Å²) in [6.07, 6.45) is 0. The molecule has 0 spiro atoms. The standard InChI is InChI=1S/6ClH.2K.Pt/h6*1H;;;/q;;;;;;2*+1;+4/p-6. The van der Waals surface area contributed by atoms with Crippen molar-refractivity contribution in [3.63, 3.8) is 0 Å². The summed E-state index contributed by atoms with van der Waals surface area (Å²) in [5, 5.41) is 0. The zero-order valence-electron chi connectivity index (χ0n) is 4.58. The molecular formula is Cl6K2Pt. The van der Waals surface area contributed by atoms with Crippen LogP contribution < -0.4 is 177 Å². The first-order valence-corrected chi connectivity index (χ1v) is 0. The average molecular weight is 486 g/mol. The van der Waals surface area contributed by atoms with E-state index in [2.05, 4.69) is 0 Å². The fourth-order valence-electron chi connectivity index (χ4n) is 0. The maximum Gasteiger partial charge on any atom is 4.00 e. The first-order chi connectivity index (χ1) is 0. The van der Waals surface area contributed by atoms with E-state index in [4.69, 9.17) is 0 Å². The monoisotopic (exact) mass is 483 g/mol. The van der Waals surface area contributed by atoms with Gasteiger partial charge in [-0.25, -0.2) is 0 Å². The molecule has 9 heavy (non-hydrogen) atoms. The van der Waals surface area contributed by atoms with Gasteiger partial charge in [-0.3, -0.25) is 0 Å². The molecule has 0 heterocycles. The molecule has 0 aliphatic carbocycles. The summed E-state index contributed by atoms with van der Waals surface area (Å²) in [5.74, 6) is 0. The van der Waals surface area contributed by atoms with Gasteiger partial charge < -0.3 is 74.4 Å². The third-order valence-electron chi connectivity index (χ3n) is 0. The number of halogens is 6. The second-order valence-electron chi connectivity index (χ2n) is 0. The van der Waals surface area contributed by atoms with Crippen molar-refractivity contribution in [2.45, 2.75) is 0 Å². The molecule has 0 aliphatic rings. The molecule has 0 nitrogen and oxygen atoms in total. The van der Waals surface area contributed by atoms with Crippen molar-refractivity contribution in [3.8, 4) is 0 Å². The van der Waals surface area contributed by atoms with Crippen LogP contribution in [0.4, 0.5) is 0 Å². The van der Waals surface area contributed by atoms with Crippen molar-refractivity contribution in [3.05, 3.63) is 0 Å². The Morgan fingerprint density at radius 3 is 0.333 bits per heavy atom. The van der Waals surface area contributed by atoms with E-state index >= 15 is 0 Å². The number of rotatable bonds is 0. The van der Waals surface area contributed by atoms with E-state index in [0.29, 0.717) is 0 Å². The first-order valence-electron chi connectivity index (χ1n) is 0. The molecule has 0 aromatic heterocycles. The van der Waals surface area contributed by atoms with Gasteiger partial charge in [0.2, 0.25) is 0 Å². The summed E-state index contributed by atoms with van der Waals surface area (Å²) < 4.78 is 0. The number of hydrogen-bond acceptors (Lipinski definition) is 0. The van der Waals surface area contributed by atoms with Crippen LogP contribution in [0.25, 0.3) is 0 Å². The SMILES string of the molecule is [Cl-].[Cl-].[Cl-].[Cl-].[Cl-].[Cl-].[K+].[K+].[Pt+4]. The van der Waals surface area contributed by atoms with Gasteiger partial charge in [0.05, 0.1) is 0 Å². The molecule has 0 aliphatic heterocycles. The van der Waals surface area contributed by atoms with E-state index in [-0.39, 0.29) is 198 Å². The molecule has 0 unspecified atom stereocenters. The van der Waals surface area contributed by atoms with E-state index in [0.717, 1.165) is 0 Å². The minimum Gasteiger partial charge on any atom is -1.00 e. The summed E-state index contributed by atoms with van der Waals surface area (Å²) >= 11 is 0. The molecule has 0 N–H and O–H groups in total. The minimum absolute atomic E-state index is 0. The van der Waals surface area contributed by atoms with Crippen molar-refractivity contribution in [1.82, 2.24) is 0 Å². The predicted molar refractivity (Wildman–Crippen MR) is 0 cm³/mol. The van der Waals surface area contributed by atoms with Crippen LogP contribution in [0, 0.1) is 0 Å². The van der Waals surface area contributed by atoms with Crippen molar-refractivity contribution in [1.29, 1.82) is 0 Å². The summed E-state index contributed by atoms with van der Waals surface area (Å²) in [7, 11) is 0. The van der Waals surface area contributed by atoms with Gasteiger partial charge in [-0.1, -0.05) is 0 Å². The first kappa shape index (κ1) is 84.9. The third kappa shape index (κ3) is 57.7. The fourth-order valence-corrected chi connectivity index (χ4v) is 0. The van der Waals surface area contributed by atoms with Crippen LogP contribution in [-0.4, -0.2) is 0 Å². The molecule has 0 bridgehead atoms. The van der Waals surface area contributed by atoms with E-state index in [9.17, 15) is 0 Å². The Balaban J connectivity index is 0. The molecule has 0 aromatic rings. The fraction of sp³-hybridized carbons (Fsp3) is 0. The molecule has 0 atom stereocenters. The molecule has 0 fully saturated rings. The van der Waals surface area contributed by atoms with Gasteiger partial charge in [0.1, 0.15) is 0 Å². The van der Waals surface area contributed by atoms with Crippen LogP contribution >= 0.6 is 0 Å². The van der Waals surface area contributed by atoms with Crippen LogP contribution in [0.5, 0.6) is 0 Å². The maximum atomic E-state index is 0.